The molecule has 2 fully saturated rings. The molecule has 18 heavy (non-hydrogen) atoms. The van der Waals surface area contributed by atoms with Gasteiger partial charge in [-0.2, -0.15) is 0 Å². The average molecular weight is 274 g/mol. The van der Waals surface area contributed by atoms with Crippen molar-refractivity contribution in [2.45, 2.75) is 39.0 Å². The van der Waals surface area contributed by atoms with Crippen LogP contribution >= 0.6 is 0 Å². The maximum atomic E-state index is 11.6. The molecule has 1 atom stereocenters. The Bertz CT molecular complexity index is 370. The van der Waals surface area contributed by atoms with E-state index in [2.05, 4.69) is 12.2 Å². The number of nitrogens with one attached hydrogen (secondary N) is 1. The largest absolute Gasteiger partial charge is 0.316 e. The quantitative estimate of drug-likeness (QED) is 0.847. The van der Waals surface area contributed by atoms with Crippen LogP contribution in [-0.4, -0.2) is 45.2 Å². The summed E-state index contributed by atoms with van der Waals surface area (Å²) in [6, 6.07) is 0. The molecule has 106 valence electrons. The van der Waals surface area contributed by atoms with Crippen LogP contribution in [-0.2, 0) is 10.0 Å². The van der Waals surface area contributed by atoms with Crippen molar-refractivity contribution in [1.82, 2.24) is 9.62 Å². The average Bonchev–Trinajstić information content (AvgIpc) is 2.32. The normalized spacial score (nSPS) is 29.6. The second kappa shape index (κ2) is 5.47. The van der Waals surface area contributed by atoms with Gasteiger partial charge in [0.1, 0.15) is 0 Å². The van der Waals surface area contributed by atoms with E-state index in [1.54, 1.807) is 4.31 Å². The van der Waals surface area contributed by atoms with E-state index in [1.165, 1.54) is 25.5 Å². The highest BCUT2D eigenvalue weighted by molar-refractivity contribution is 7.88. The lowest BCUT2D eigenvalue weighted by Gasteiger charge is -2.49. The van der Waals surface area contributed by atoms with E-state index in [-0.39, 0.29) is 0 Å². The molecule has 0 radical (unpaired) electrons. The fourth-order valence-corrected chi connectivity index (χ4v) is 4.56. The van der Waals surface area contributed by atoms with Crippen LogP contribution in [0.15, 0.2) is 0 Å². The van der Waals surface area contributed by atoms with Gasteiger partial charge in [0.05, 0.1) is 6.26 Å². The fourth-order valence-electron chi connectivity index (χ4n) is 3.71. The van der Waals surface area contributed by atoms with Crippen LogP contribution in [0, 0.1) is 11.3 Å². The van der Waals surface area contributed by atoms with Crippen molar-refractivity contribution in [1.29, 1.82) is 0 Å². The summed E-state index contributed by atoms with van der Waals surface area (Å²) in [5, 5.41) is 3.50. The minimum Gasteiger partial charge on any atom is -0.316 e. The monoisotopic (exact) mass is 274 g/mol. The summed E-state index contributed by atoms with van der Waals surface area (Å²) in [4.78, 5) is 0. The Kier molecular flexibility index (Phi) is 4.34. The van der Waals surface area contributed by atoms with Crippen LogP contribution in [0.5, 0.6) is 0 Å². The molecule has 2 aliphatic heterocycles. The van der Waals surface area contributed by atoms with E-state index in [9.17, 15) is 8.42 Å². The minimum atomic E-state index is -2.99. The molecular formula is C13H26N2O2S. The predicted molar refractivity (Wildman–Crippen MR) is 74.0 cm³/mol. The third-order valence-electron chi connectivity index (χ3n) is 4.88. The molecule has 0 aliphatic carbocycles. The van der Waals surface area contributed by atoms with Gasteiger partial charge < -0.3 is 5.32 Å². The van der Waals surface area contributed by atoms with Gasteiger partial charge in [0, 0.05) is 13.1 Å². The molecule has 0 aromatic carbocycles. The SMILES string of the molecule is CCCC1CNCCC12CCN(S(C)(=O)=O)CC2. The molecule has 1 N–H and O–H groups in total. The van der Waals surface area contributed by atoms with Gasteiger partial charge in [-0.05, 0) is 50.1 Å². The van der Waals surface area contributed by atoms with Crippen molar-refractivity contribution in [2.75, 3.05) is 32.4 Å². The summed E-state index contributed by atoms with van der Waals surface area (Å²) in [5.74, 6) is 0.734. The van der Waals surface area contributed by atoms with Gasteiger partial charge in [0.15, 0.2) is 0 Å². The van der Waals surface area contributed by atoms with Crippen LogP contribution < -0.4 is 5.32 Å². The lowest BCUT2D eigenvalue weighted by Crippen LogP contribution is -2.51. The Morgan fingerprint density at radius 1 is 1.28 bits per heavy atom. The Labute approximate surface area is 111 Å². The molecule has 2 saturated heterocycles. The molecule has 0 saturated carbocycles. The van der Waals surface area contributed by atoms with E-state index in [4.69, 9.17) is 0 Å². The topological polar surface area (TPSA) is 49.4 Å². The summed E-state index contributed by atoms with van der Waals surface area (Å²) >= 11 is 0. The van der Waals surface area contributed by atoms with Crippen molar-refractivity contribution in [3.05, 3.63) is 0 Å². The van der Waals surface area contributed by atoms with Crippen molar-refractivity contribution in [3.63, 3.8) is 0 Å². The zero-order valence-corrected chi connectivity index (χ0v) is 12.4. The van der Waals surface area contributed by atoms with Crippen LogP contribution in [0.2, 0.25) is 0 Å². The molecule has 0 amide bonds. The first-order chi connectivity index (χ1) is 8.48. The summed E-state index contributed by atoms with van der Waals surface area (Å²) < 4.78 is 24.8. The Morgan fingerprint density at radius 2 is 1.94 bits per heavy atom. The smallest absolute Gasteiger partial charge is 0.211 e. The van der Waals surface area contributed by atoms with Crippen LogP contribution in [0.4, 0.5) is 0 Å². The van der Waals surface area contributed by atoms with Crippen molar-refractivity contribution < 1.29 is 8.42 Å². The van der Waals surface area contributed by atoms with Crippen LogP contribution in [0.1, 0.15) is 39.0 Å². The van der Waals surface area contributed by atoms with Gasteiger partial charge in [-0.3, -0.25) is 0 Å². The maximum Gasteiger partial charge on any atom is 0.211 e. The third kappa shape index (κ3) is 2.89. The zero-order chi connectivity index (χ0) is 13.2. The molecular weight excluding hydrogens is 248 g/mol. The van der Waals surface area contributed by atoms with E-state index in [1.807, 2.05) is 0 Å². The summed E-state index contributed by atoms with van der Waals surface area (Å²) in [5.41, 5.74) is 0.405. The van der Waals surface area contributed by atoms with Gasteiger partial charge in [0.25, 0.3) is 0 Å². The minimum absolute atomic E-state index is 0.405. The van der Waals surface area contributed by atoms with Crippen LogP contribution in [0.25, 0.3) is 0 Å². The molecule has 4 nitrogen and oxygen atoms in total. The van der Waals surface area contributed by atoms with E-state index in [0.29, 0.717) is 5.41 Å². The van der Waals surface area contributed by atoms with Crippen molar-refractivity contribution >= 4 is 10.0 Å². The van der Waals surface area contributed by atoms with Gasteiger partial charge in [-0.1, -0.05) is 13.3 Å². The highest BCUT2D eigenvalue weighted by Gasteiger charge is 2.43. The number of hydrogen-bond donors (Lipinski definition) is 1. The molecule has 0 bridgehead atoms. The number of hydrogen-bond acceptors (Lipinski definition) is 3. The lowest BCUT2D eigenvalue weighted by atomic mass is 9.64. The number of piperidine rings is 2. The van der Waals surface area contributed by atoms with Crippen molar-refractivity contribution in [3.8, 4) is 0 Å². The first-order valence-electron chi connectivity index (χ1n) is 7.14. The van der Waals surface area contributed by atoms with Gasteiger partial charge in [0.2, 0.25) is 10.0 Å². The van der Waals surface area contributed by atoms with Gasteiger partial charge in [-0.25, -0.2) is 12.7 Å². The fraction of sp³-hybridized carbons (Fsp3) is 1.00. The summed E-state index contributed by atoms with van der Waals surface area (Å²) in [6.07, 6.45) is 7.14. The Hall–Kier alpha value is -0.130. The first-order valence-corrected chi connectivity index (χ1v) is 8.98. The Balaban J connectivity index is 2.04. The molecule has 2 aliphatic rings. The summed E-state index contributed by atoms with van der Waals surface area (Å²) in [6.45, 7) is 5.90. The van der Waals surface area contributed by atoms with Crippen LogP contribution in [0.3, 0.4) is 0 Å². The number of sulfonamides is 1. The van der Waals surface area contributed by atoms with E-state index >= 15 is 0 Å². The first kappa shape index (κ1) is 14.3. The molecule has 0 aromatic rings. The van der Waals surface area contributed by atoms with Gasteiger partial charge >= 0.3 is 0 Å². The lowest BCUT2D eigenvalue weighted by molar-refractivity contribution is 0.0405. The molecule has 2 rings (SSSR count). The van der Waals surface area contributed by atoms with E-state index < -0.39 is 10.0 Å². The highest BCUT2D eigenvalue weighted by atomic mass is 32.2. The second-order valence-electron chi connectivity index (χ2n) is 5.96. The number of nitrogens with zero attached hydrogens (tertiary/aromatic N) is 1. The third-order valence-corrected chi connectivity index (χ3v) is 6.18. The number of rotatable bonds is 3. The standard InChI is InChI=1S/C13H26N2O2S/c1-3-4-12-11-14-8-5-13(12)6-9-15(10-7-13)18(2,16)17/h12,14H,3-11H2,1-2H3. The van der Waals surface area contributed by atoms with Crippen molar-refractivity contribution in [2.24, 2.45) is 11.3 Å². The highest BCUT2D eigenvalue weighted by Crippen LogP contribution is 2.45. The maximum absolute atomic E-state index is 11.6. The molecule has 2 heterocycles. The summed E-state index contributed by atoms with van der Waals surface area (Å²) in [7, 11) is -2.99. The predicted octanol–water partition coefficient (Wildman–Crippen LogP) is 1.44. The van der Waals surface area contributed by atoms with E-state index in [0.717, 1.165) is 44.9 Å². The molecule has 1 unspecified atom stereocenters. The molecule has 1 spiro atoms. The molecule has 0 aromatic heterocycles. The second-order valence-corrected chi connectivity index (χ2v) is 7.95. The molecule has 5 heteroatoms. The van der Waals surface area contributed by atoms with Gasteiger partial charge in [-0.15, -0.1) is 0 Å². The Morgan fingerprint density at radius 3 is 2.50 bits per heavy atom. The zero-order valence-electron chi connectivity index (χ0n) is 11.6.